The Morgan fingerprint density at radius 1 is 1.19 bits per heavy atom. The van der Waals surface area contributed by atoms with Crippen LogP contribution in [0.2, 0.25) is 5.02 Å². The molecule has 1 aliphatic rings. The summed E-state index contributed by atoms with van der Waals surface area (Å²) in [6.45, 7) is 2.36. The number of rotatable bonds is 4. The van der Waals surface area contributed by atoms with E-state index in [-0.39, 0.29) is 5.78 Å². The van der Waals surface area contributed by atoms with E-state index in [0.29, 0.717) is 34.5 Å². The van der Waals surface area contributed by atoms with Crippen molar-refractivity contribution in [2.24, 2.45) is 0 Å². The average molecular weight is 383 g/mol. The lowest BCUT2D eigenvalue weighted by Gasteiger charge is -2.08. The first-order valence-corrected chi connectivity index (χ1v) is 9.36. The molecule has 0 aliphatic carbocycles. The monoisotopic (exact) mass is 382 g/mol. The lowest BCUT2D eigenvalue weighted by molar-refractivity contribution is 0.101. The van der Waals surface area contributed by atoms with E-state index in [0.717, 1.165) is 16.0 Å². The van der Waals surface area contributed by atoms with Gasteiger partial charge in [-0.3, -0.25) is 4.79 Å². The number of fused-ring (bicyclic) bond motifs is 1. The van der Waals surface area contributed by atoms with Crippen molar-refractivity contribution in [1.82, 2.24) is 0 Å². The van der Waals surface area contributed by atoms with Gasteiger partial charge in [0.05, 0.1) is 5.56 Å². The van der Waals surface area contributed by atoms with Crippen molar-refractivity contribution in [2.45, 2.75) is 13.5 Å². The summed E-state index contributed by atoms with van der Waals surface area (Å²) in [6, 6.07) is 14.8. The molecule has 0 bridgehead atoms. The number of carbonyl (C=O) groups is 1. The number of ketones is 1. The zero-order valence-electron chi connectivity index (χ0n) is 14.0. The van der Waals surface area contributed by atoms with Gasteiger partial charge in [0, 0.05) is 27.6 Å². The minimum Gasteiger partial charge on any atom is -0.489 e. The number of Topliss-reactive ketones (excluding diaryl/α,β-unsaturated/α-hetero) is 1. The smallest absolute Gasteiger partial charge is 0.232 e. The molecule has 0 spiro atoms. The van der Waals surface area contributed by atoms with Crippen molar-refractivity contribution in [3.05, 3.63) is 86.3 Å². The van der Waals surface area contributed by atoms with Gasteiger partial charge in [-0.2, -0.15) is 0 Å². The number of aryl methyl sites for hydroxylation is 1. The van der Waals surface area contributed by atoms with Gasteiger partial charge in [0.1, 0.15) is 18.1 Å². The van der Waals surface area contributed by atoms with E-state index in [1.807, 2.05) is 42.6 Å². The van der Waals surface area contributed by atoms with Gasteiger partial charge in [-0.1, -0.05) is 29.8 Å². The number of benzene rings is 2. The first-order chi connectivity index (χ1) is 12.6. The fourth-order valence-electron chi connectivity index (χ4n) is 2.68. The van der Waals surface area contributed by atoms with E-state index in [4.69, 9.17) is 21.1 Å². The number of carbonyl (C=O) groups excluding carboxylic acids is 1. The Morgan fingerprint density at radius 3 is 2.81 bits per heavy atom. The highest BCUT2D eigenvalue weighted by atomic mass is 35.5. The molecule has 3 nitrogen and oxygen atoms in total. The topological polar surface area (TPSA) is 35.5 Å². The molecule has 130 valence electrons. The number of thiophene rings is 1. The fourth-order valence-corrected chi connectivity index (χ4v) is 3.72. The van der Waals surface area contributed by atoms with Crippen molar-refractivity contribution >= 4 is 34.8 Å². The highest BCUT2D eigenvalue weighted by Crippen LogP contribution is 2.36. The molecule has 0 fully saturated rings. The third-order valence-corrected chi connectivity index (χ3v) is 5.49. The number of halogens is 1. The summed E-state index contributed by atoms with van der Waals surface area (Å²) in [5, 5.41) is 2.66. The second kappa shape index (κ2) is 6.98. The van der Waals surface area contributed by atoms with Gasteiger partial charge < -0.3 is 9.47 Å². The molecule has 0 unspecified atom stereocenters. The number of hydrogen-bond donors (Lipinski definition) is 0. The first-order valence-electron chi connectivity index (χ1n) is 8.10. The van der Waals surface area contributed by atoms with E-state index >= 15 is 0 Å². The highest BCUT2D eigenvalue weighted by molar-refractivity contribution is 7.11. The van der Waals surface area contributed by atoms with Crippen LogP contribution >= 0.6 is 22.9 Å². The van der Waals surface area contributed by atoms with Crippen molar-refractivity contribution in [1.29, 1.82) is 0 Å². The molecule has 0 amide bonds. The third-order valence-electron chi connectivity index (χ3n) is 4.16. The molecular weight excluding hydrogens is 368 g/mol. The molecule has 3 aromatic rings. The highest BCUT2D eigenvalue weighted by Gasteiger charge is 2.28. The molecule has 4 rings (SSSR count). The van der Waals surface area contributed by atoms with E-state index in [1.165, 1.54) is 0 Å². The van der Waals surface area contributed by atoms with E-state index < -0.39 is 0 Å². The van der Waals surface area contributed by atoms with Crippen molar-refractivity contribution in [3.8, 4) is 11.5 Å². The minimum atomic E-state index is -0.106. The Balaban J connectivity index is 1.53. The Morgan fingerprint density at radius 2 is 2.04 bits per heavy atom. The summed E-state index contributed by atoms with van der Waals surface area (Å²) in [5.41, 5.74) is 2.58. The Bertz CT molecular complexity index is 1020. The maximum atomic E-state index is 12.5. The second-order valence-electron chi connectivity index (χ2n) is 5.95. The molecule has 26 heavy (non-hydrogen) atoms. The lowest BCUT2D eigenvalue weighted by atomic mass is 10.1. The minimum absolute atomic E-state index is 0.106. The van der Waals surface area contributed by atoms with Crippen LogP contribution in [0.3, 0.4) is 0 Å². The van der Waals surface area contributed by atoms with Crippen LogP contribution in [-0.2, 0) is 6.61 Å². The average Bonchev–Trinajstić information content (AvgIpc) is 3.18. The molecule has 0 atom stereocenters. The second-order valence-corrected chi connectivity index (χ2v) is 7.30. The molecule has 0 saturated carbocycles. The van der Waals surface area contributed by atoms with Crippen LogP contribution in [0.25, 0.3) is 6.08 Å². The first kappa shape index (κ1) is 16.9. The molecule has 1 aliphatic heterocycles. The predicted octanol–water partition coefficient (Wildman–Crippen LogP) is 5.91. The van der Waals surface area contributed by atoms with E-state index in [2.05, 4.69) is 0 Å². The Kier molecular flexibility index (Phi) is 4.53. The normalized spacial score (nSPS) is 14.4. The fraction of sp³-hybridized carbons (Fsp3) is 0.0952. The number of allylic oxidation sites excluding steroid dienone is 1. The summed E-state index contributed by atoms with van der Waals surface area (Å²) in [5.74, 6) is 1.39. The van der Waals surface area contributed by atoms with Crippen LogP contribution in [0, 0.1) is 6.92 Å². The van der Waals surface area contributed by atoms with Gasteiger partial charge in [0.15, 0.2) is 5.76 Å². The lowest BCUT2D eigenvalue weighted by Crippen LogP contribution is -1.97. The SMILES string of the molecule is Cc1ccsc1/C=C1/Oc2cc(OCc3ccccc3Cl)ccc2C1=O. The van der Waals surface area contributed by atoms with Crippen LogP contribution < -0.4 is 9.47 Å². The maximum absolute atomic E-state index is 12.5. The largest absolute Gasteiger partial charge is 0.489 e. The molecule has 0 N–H and O–H groups in total. The molecule has 0 saturated heterocycles. The molecule has 2 heterocycles. The summed E-state index contributed by atoms with van der Waals surface area (Å²) in [6.07, 6.45) is 1.80. The summed E-state index contributed by atoms with van der Waals surface area (Å²) in [4.78, 5) is 13.5. The van der Waals surface area contributed by atoms with Gasteiger partial charge in [-0.15, -0.1) is 11.3 Å². The molecule has 0 radical (unpaired) electrons. The third kappa shape index (κ3) is 3.26. The zero-order chi connectivity index (χ0) is 18.1. The zero-order valence-corrected chi connectivity index (χ0v) is 15.6. The molecular formula is C21H15ClO3S. The van der Waals surface area contributed by atoms with Crippen molar-refractivity contribution < 1.29 is 14.3 Å². The van der Waals surface area contributed by atoms with Crippen LogP contribution in [0.4, 0.5) is 0 Å². The number of hydrogen-bond acceptors (Lipinski definition) is 4. The summed E-state index contributed by atoms with van der Waals surface area (Å²) in [7, 11) is 0. The van der Waals surface area contributed by atoms with Crippen molar-refractivity contribution in [3.63, 3.8) is 0 Å². The van der Waals surface area contributed by atoms with Gasteiger partial charge in [-0.05, 0) is 42.1 Å². The predicted molar refractivity (Wildman–Crippen MR) is 104 cm³/mol. The van der Waals surface area contributed by atoms with Gasteiger partial charge in [0.25, 0.3) is 0 Å². The van der Waals surface area contributed by atoms with E-state index in [9.17, 15) is 4.79 Å². The molecule has 5 heteroatoms. The van der Waals surface area contributed by atoms with Gasteiger partial charge in [0.2, 0.25) is 5.78 Å². The summed E-state index contributed by atoms with van der Waals surface area (Å²) < 4.78 is 11.6. The maximum Gasteiger partial charge on any atom is 0.232 e. The van der Waals surface area contributed by atoms with Crippen LogP contribution in [-0.4, -0.2) is 5.78 Å². The standard InChI is InChI=1S/C21H15ClO3S/c1-13-8-9-26-20(13)11-19-21(23)16-7-6-15(10-18(16)25-19)24-12-14-4-2-3-5-17(14)22/h2-11H,12H2,1H3/b19-11+. The number of ether oxygens (including phenoxy) is 2. The van der Waals surface area contributed by atoms with Crippen LogP contribution in [0.5, 0.6) is 11.5 Å². The molecule has 2 aromatic carbocycles. The van der Waals surface area contributed by atoms with Gasteiger partial charge in [-0.25, -0.2) is 0 Å². The van der Waals surface area contributed by atoms with Crippen LogP contribution in [0.1, 0.15) is 26.4 Å². The molecule has 1 aromatic heterocycles. The quantitative estimate of drug-likeness (QED) is 0.526. The van der Waals surface area contributed by atoms with E-state index in [1.54, 1.807) is 35.6 Å². The Labute approximate surface area is 160 Å². The van der Waals surface area contributed by atoms with Crippen molar-refractivity contribution in [2.75, 3.05) is 0 Å². The van der Waals surface area contributed by atoms with Gasteiger partial charge >= 0.3 is 0 Å². The Hall–Kier alpha value is -2.56. The summed E-state index contributed by atoms with van der Waals surface area (Å²) >= 11 is 7.73. The van der Waals surface area contributed by atoms with Crippen LogP contribution in [0.15, 0.2) is 59.7 Å².